The van der Waals surface area contributed by atoms with Crippen molar-refractivity contribution in [1.29, 1.82) is 0 Å². The van der Waals surface area contributed by atoms with Crippen LogP contribution in [-0.2, 0) is 0 Å². The van der Waals surface area contributed by atoms with E-state index in [0.717, 1.165) is 3.57 Å². The van der Waals surface area contributed by atoms with Crippen LogP contribution in [-0.4, -0.2) is 33.3 Å². The minimum atomic E-state index is -0.302. The molecule has 2 aromatic rings. The lowest BCUT2D eigenvalue weighted by Gasteiger charge is -2.12. The third kappa shape index (κ3) is 5.48. The van der Waals surface area contributed by atoms with Crippen molar-refractivity contribution in [3.63, 3.8) is 0 Å². The van der Waals surface area contributed by atoms with Crippen molar-refractivity contribution in [2.75, 3.05) is 27.4 Å². The molecule has 0 aromatic heterocycles. The SMILES string of the molecule is COc1cc(I)c(C(=O)NCCCOc2ccc(F)cc2)cc1OC. The van der Waals surface area contributed by atoms with Crippen LogP contribution < -0.4 is 19.5 Å². The summed E-state index contributed by atoms with van der Waals surface area (Å²) in [5, 5.41) is 2.84. The molecule has 5 nitrogen and oxygen atoms in total. The summed E-state index contributed by atoms with van der Waals surface area (Å²) >= 11 is 2.08. The molecule has 0 radical (unpaired) electrons. The van der Waals surface area contributed by atoms with Gasteiger partial charge >= 0.3 is 0 Å². The van der Waals surface area contributed by atoms with E-state index in [-0.39, 0.29) is 11.7 Å². The number of nitrogens with one attached hydrogen (secondary N) is 1. The fraction of sp³-hybridized carbons (Fsp3) is 0.278. The van der Waals surface area contributed by atoms with E-state index in [2.05, 4.69) is 27.9 Å². The Bertz CT molecular complexity index is 722. The molecule has 1 N–H and O–H groups in total. The molecule has 0 bridgehead atoms. The van der Waals surface area contributed by atoms with Gasteiger partial charge < -0.3 is 19.5 Å². The number of rotatable bonds is 8. The summed E-state index contributed by atoms with van der Waals surface area (Å²) < 4.78 is 29.5. The Morgan fingerprint density at radius 2 is 1.76 bits per heavy atom. The number of ether oxygens (including phenoxy) is 3. The standard InChI is InChI=1S/C18H19FINO4/c1-23-16-10-14(15(20)11-17(16)24-2)18(22)21-8-3-9-25-13-6-4-12(19)5-7-13/h4-7,10-11H,3,8-9H2,1-2H3,(H,21,22). The first-order valence-electron chi connectivity index (χ1n) is 7.63. The van der Waals surface area contributed by atoms with E-state index in [1.807, 2.05) is 0 Å². The molecular formula is C18H19FINO4. The van der Waals surface area contributed by atoms with Gasteiger partial charge in [-0.3, -0.25) is 4.79 Å². The lowest BCUT2D eigenvalue weighted by atomic mass is 10.2. The maximum atomic E-state index is 12.8. The third-order valence-corrected chi connectivity index (χ3v) is 4.30. The Balaban J connectivity index is 1.83. The zero-order valence-corrected chi connectivity index (χ0v) is 16.1. The molecule has 2 aromatic carbocycles. The van der Waals surface area contributed by atoms with Gasteiger partial charge in [0.15, 0.2) is 11.5 Å². The number of hydrogen-bond donors (Lipinski definition) is 1. The van der Waals surface area contributed by atoms with E-state index in [9.17, 15) is 9.18 Å². The predicted molar refractivity (Wildman–Crippen MR) is 101 cm³/mol. The first-order chi connectivity index (χ1) is 12.0. The van der Waals surface area contributed by atoms with E-state index in [1.165, 1.54) is 19.2 Å². The zero-order valence-electron chi connectivity index (χ0n) is 14.0. The molecule has 7 heteroatoms. The average Bonchev–Trinajstić information content (AvgIpc) is 2.62. The maximum absolute atomic E-state index is 12.8. The molecule has 0 fully saturated rings. The third-order valence-electron chi connectivity index (χ3n) is 3.41. The summed E-state index contributed by atoms with van der Waals surface area (Å²) in [4.78, 5) is 12.3. The highest BCUT2D eigenvalue weighted by molar-refractivity contribution is 14.1. The molecule has 0 saturated heterocycles. The van der Waals surface area contributed by atoms with Gasteiger partial charge in [0.25, 0.3) is 5.91 Å². The van der Waals surface area contributed by atoms with Crippen molar-refractivity contribution < 1.29 is 23.4 Å². The molecule has 0 aliphatic carbocycles. The van der Waals surface area contributed by atoms with Crippen LogP contribution in [0.2, 0.25) is 0 Å². The number of halogens is 2. The van der Waals surface area contributed by atoms with Gasteiger partial charge in [-0.1, -0.05) is 0 Å². The van der Waals surface area contributed by atoms with Crippen molar-refractivity contribution in [2.45, 2.75) is 6.42 Å². The van der Waals surface area contributed by atoms with Crippen molar-refractivity contribution in [1.82, 2.24) is 5.32 Å². The van der Waals surface area contributed by atoms with Crippen molar-refractivity contribution in [2.24, 2.45) is 0 Å². The summed E-state index contributed by atoms with van der Waals surface area (Å²) in [6, 6.07) is 9.24. The maximum Gasteiger partial charge on any atom is 0.252 e. The highest BCUT2D eigenvalue weighted by atomic mass is 127. The number of benzene rings is 2. The second kappa shape index (κ2) is 9.45. The summed E-state index contributed by atoms with van der Waals surface area (Å²) in [5.74, 6) is 1.20. The zero-order chi connectivity index (χ0) is 18.2. The van der Waals surface area contributed by atoms with Crippen LogP contribution in [0, 0.1) is 9.39 Å². The van der Waals surface area contributed by atoms with Gasteiger partial charge in [0.05, 0.1) is 26.4 Å². The van der Waals surface area contributed by atoms with Crippen LogP contribution in [0.1, 0.15) is 16.8 Å². The molecule has 2 rings (SSSR count). The Kier molecular flexibility index (Phi) is 7.30. The fourth-order valence-electron chi connectivity index (χ4n) is 2.12. The molecule has 0 spiro atoms. The second-order valence-corrected chi connectivity index (χ2v) is 6.26. The highest BCUT2D eigenvalue weighted by Crippen LogP contribution is 2.31. The quantitative estimate of drug-likeness (QED) is 0.484. The first-order valence-corrected chi connectivity index (χ1v) is 8.71. The van der Waals surface area contributed by atoms with Crippen LogP contribution in [0.25, 0.3) is 0 Å². The molecule has 0 atom stereocenters. The van der Waals surface area contributed by atoms with Gasteiger partial charge in [-0.25, -0.2) is 4.39 Å². The average molecular weight is 459 g/mol. The number of carbonyl (C=O) groups excluding carboxylic acids is 1. The predicted octanol–water partition coefficient (Wildman–Crippen LogP) is 3.65. The molecule has 0 heterocycles. The van der Waals surface area contributed by atoms with Crippen molar-refractivity contribution in [3.8, 4) is 17.2 Å². The van der Waals surface area contributed by atoms with Gasteiger partial charge in [0, 0.05) is 10.1 Å². The van der Waals surface area contributed by atoms with E-state index < -0.39 is 0 Å². The largest absolute Gasteiger partial charge is 0.494 e. The Labute approximate surface area is 159 Å². The fourth-order valence-corrected chi connectivity index (χ4v) is 2.80. The molecule has 0 saturated carbocycles. The van der Waals surface area contributed by atoms with Crippen LogP contribution >= 0.6 is 22.6 Å². The summed E-state index contributed by atoms with van der Waals surface area (Å²) in [6.45, 7) is 0.888. The molecule has 0 aliphatic rings. The van der Waals surface area contributed by atoms with Crippen molar-refractivity contribution in [3.05, 3.63) is 51.3 Å². The van der Waals surface area contributed by atoms with Crippen LogP contribution in [0.4, 0.5) is 4.39 Å². The summed E-state index contributed by atoms with van der Waals surface area (Å²) in [5.41, 5.74) is 0.526. The van der Waals surface area contributed by atoms with E-state index in [1.54, 1.807) is 31.4 Å². The topological polar surface area (TPSA) is 56.8 Å². The first kappa shape index (κ1) is 19.3. The Hall–Kier alpha value is -2.03. The van der Waals surface area contributed by atoms with Gasteiger partial charge in [-0.15, -0.1) is 0 Å². The van der Waals surface area contributed by atoms with Crippen LogP contribution in [0.3, 0.4) is 0 Å². The number of hydrogen-bond acceptors (Lipinski definition) is 4. The van der Waals surface area contributed by atoms with Gasteiger partial charge in [-0.05, 0) is 65.4 Å². The monoisotopic (exact) mass is 459 g/mol. The number of methoxy groups -OCH3 is 2. The molecule has 25 heavy (non-hydrogen) atoms. The molecule has 0 unspecified atom stereocenters. The van der Waals surface area contributed by atoms with Crippen molar-refractivity contribution >= 4 is 28.5 Å². The van der Waals surface area contributed by atoms with Crippen LogP contribution in [0.15, 0.2) is 36.4 Å². The lowest BCUT2D eigenvalue weighted by Crippen LogP contribution is -2.26. The van der Waals surface area contributed by atoms with Crippen LogP contribution in [0.5, 0.6) is 17.2 Å². The van der Waals surface area contributed by atoms with E-state index >= 15 is 0 Å². The Morgan fingerprint density at radius 1 is 1.12 bits per heavy atom. The molecule has 134 valence electrons. The smallest absolute Gasteiger partial charge is 0.252 e. The van der Waals surface area contributed by atoms with E-state index in [0.29, 0.717) is 42.4 Å². The van der Waals surface area contributed by atoms with Gasteiger partial charge in [0.2, 0.25) is 0 Å². The summed E-state index contributed by atoms with van der Waals surface area (Å²) in [6.07, 6.45) is 0.632. The molecule has 0 aliphatic heterocycles. The molecular weight excluding hydrogens is 440 g/mol. The summed E-state index contributed by atoms with van der Waals surface area (Å²) in [7, 11) is 3.08. The second-order valence-electron chi connectivity index (χ2n) is 5.10. The van der Waals surface area contributed by atoms with Gasteiger partial charge in [-0.2, -0.15) is 0 Å². The normalized spacial score (nSPS) is 10.2. The highest BCUT2D eigenvalue weighted by Gasteiger charge is 2.15. The number of amides is 1. The van der Waals surface area contributed by atoms with E-state index in [4.69, 9.17) is 14.2 Å². The van der Waals surface area contributed by atoms with Gasteiger partial charge in [0.1, 0.15) is 11.6 Å². The lowest BCUT2D eigenvalue weighted by molar-refractivity contribution is 0.0950. The minimum absolute atomic E-state index is 0.188. The number of carbonyl (C=O) groups is 1. The Morgan fingerprint density at radius 3 is 2.40 bits per heavy atom. The molecule has 1 amide bonds. The minimum Gasteiger partial charge on any atom is -0.494 e.